The van der Waals surface area contributed by atoms with Crippen molar-refractivity contribution in [1.82, 2.24) is 4.98 Å². The van der Waals surface area contributed by atoms with Gasteiger partial charge >= 0.3 is 5.97 Å². The van der Waals surface area contributed by atoms with Crippen LogP contribution in [-0.4, -0.2) is 27.8 Å². The SMILES string of the molecule is O=C(O)C(COc1cccc(O)c1)c1ccccn1. The highest BCUT2D eigenvalue weighted by molar-refractivity contribution is 5.75. The van der Waals surface area contributed by atoms with Crippen LogP contribution in [-0.2, 0) is 4.79 Å². The van der Waals surface area contributed by atoms with Gasteiger partial charge in [-0.05, 0) is 24.3 Å². The average molecular weight is 259 g/mol. The third kappa shape index (κ3) is 3.45. The molecule has 1 atom stereocenters. The predicted octanol–water partition coefficient (Wildman–Crippen LogP) is 2.03. The number of carboxylic acid groups (broad SMARTS) is 1. The molecule has 2 aromatic rings. The largest absolute Gasteiger partial charge is 0.508 e. The number of aromatic hydroxyl groups is 1. The lowest BCUT2D eigenvalue weighted by atomic mass is 10.1. The molecule has 1 aromatic heterocycles. The van der Waals surface area contributed by atoms with Crippen molar-refractivity contribution >= 4 is 5.97 Å². The Morgan fingerprint density at radius 3 is 2.74 bits per heavy atom. The molecule has 0 radical (unpaired) electrons. The number of aliphatic carboxylic acids is 1. The summed E-state index contributed by atoms with van der Waals surface area (Å²) in [6, 6.07) is 11.3. The fourth-order valence-corrected chi connectivity index (χ4v) is 1.62. The lowest BCUT2D eigenvalue weighted by Crippen LogP contribution is -2.20. The number of aromatic nitrogens is 1. The van der Waals surface area contributed by atoms with Gasteiger partial charge in [0.1, 0.15) is 24.0 Å². The lowest BCUT2D eigenvalue weighted by molar-refractivity contribution is -0.139. The van der Waals surface area contributed by atoms with Crippen molar-refractivity contribution in [2.45, 2.75) is 5.92 Å². The van der Waals surface area contributed by atoms with Crippen LogP contribution >= 0.6 is 0 Å². The second-order valence-corrected chi connectivity index (χ2v) is 3.95. The molecule has 0 amide bonds. The number of nitrogens with zero attached hydrogens (tertiary/aromatic N) is 1. The maximum atomic E-state index is 11.2. The highest BCUT2D eigenvalue weighted by Crippen LogP contribution is 2.20. The van der Waals surface area contributed by atoms with E-state index in [0.29, 0.717) is 11.4 Å². The van der Waals surface area contributed by atoms with E-state index in [4.69, 9.17) is 4.74 Å². The smallest absolute Gasteiger partial charge is 0.316 e. The van der Waals surface area contributed by atoms with Gasteiger partial charge in [0.25, 0.3) is 0 Å². The molecule has 0 aliphatic rings. The van der Waals surface area contributed by atoms with E-state index < -0.39 is 11.9 Å². The molecule has 1 unspecified atom stereocenters. The van der Waals surface area contributed by atoms with E-state index in [9.17, 15) is 15.0 Å². The number of hydrogen-bond donors (Lipinski definition) is 2. The van der Waals surface area contributed by atoms with E-state index in [1.165, 1.54) is 12.1 Å². The summed E-state index contributed by atoms with van der Waals surface area (Å²) in [7, 11) is 0. The molecule has 1 heterocycles. The number of rotatable bonds is 5. The average Bonchev–Trinajstić information content (AvgIpc) is 2.40. The van der Waals surface area contributed by atoms with Gasteiger partial charge in [-0.1, -0.05) is 12.1 Å². The Kier molecular flexibility index (Phi) is 3.97. The predicted molar refractivity (Wildman–Crippen MR) is 68.2 cm³/mol. The van der Waals surface area contributed by atoms with Crippen LogP contribution in [0.4, 0.5) is 0 Å². The molecule has 0 spiro atoms. The van der Waals surface area contributed by atoms with E-state index in [2.05, 4.69) is 4.98 Å². The topological polar surface area (TPSA) is 79.7 Å². The molecule has 2 rings (SSSR count). The van der Waals surface area contributed by atoms with Crippen LogP contribution in [0.1, 0.15) is 11.6 Å². The number of carboxylic acids is 1. The zero-order valence-corrected chi connectivity index (χ0v) is 10.1. The molecule has 0 bridgehead atoms. The first-order valence-electron chi connectivity index (χ1n) is 5.72. The van der Waals surface area contributed by atoms with Gasteiger partial charge in [-0.15, -0.1) is 0 Å². The third-order valence-corrected chi connectivity index (χ3v) is 2.58. The van der Waals surface area contributed by atoms with Crippen molar-refractivity contribution in [2.24, 2.45) is 0 Å². The molecular formula is C14H13NO4. The van der Waals surface area contributed by atoms with Gasteiger partial charge in [-0.2, -0.15) is 0 Å². The highest BCUT2D eigenvalue weighted by atomic mass is 16.5. The first-order chi connectivity index (χ1) is 9.16. The van der Waals surface area contributed by atoms with Crippen molar-refractivity contribution < 1.29 is 19.7 Å². The highest BCUT2D eigenvalue weighted by Gasteiger charge is 2.21. The fraction of sp³-hybridized carbons (Fsp3) is 0.143. The number of phenols is 1. The summed E-state index contributed by atoms with van der Waals surface area (Å²) in [6.07, 6.45) is 1.54. The standard InChI is InChI=1S/C14H13NO4/c16-10-4-3-5-11(8-10)19-9-12(14(17)18)13-6-1-2-7-15-13/h1-8,12,16H,9H2,(H,17,18). The second kappa shape index (κ2) is 5.86. The van der Waals surface area contributed by atoms with Gasteiger partial charge in [-0.3, -0.25) is 9.78 Å². The fourth-order valence-electron chi connectivity index (χ4n) is 1.62. The molecule has 0 aliphatic carbocycles. The van der Waals surface area contributed by atoms with Crippen molar-refractivity contribution in [3.05, 3.63) is 54.4 Å². The third-order valence-electron chi connectivity index (χ3n) is 2.58. The Morgan fingerprint density at radius 1 is 1.26 bits per heavy atom. The van der Waals surface area contributed by atoms with E-state index in [1.807, 2.05) is 0 Å². The maximum absolute atomic E-state index is 11.2. The minimum absolute atomic E-state index is 0.0458. The molecule has 0 fully saturated rings. The summed E-state index contributed by atoms with van der Waals surface area (Å²) in [4.78, 5) is 15.2. The molecule has 1 aromatic carbocycles. The number of hydrogen-bond acceptors (Lipinski definition) is 4. The molecule has 5 nitrogen and oxygen atoms in total. The van der Waals surface area contributed by atoms with Crippen LogP contribution in [0.15, 0.2) is 48.7 Å². The first-order valence-corrected chi connectivity index (χ1v) is 5.72. The van der Waals surface area contributed by atoms with Gasteiger partial charge in [0.15, 0.2) is 0 Å². The molecule has 0 saturated heterocycles. The zero-order valence-electron chi connectivity index (χ0n) is 10.1. The van der Waals surface area contributed by atoms with Crippen LogP contribution < -0.4 is 4.74 Å². The molecule has 2 N–H and O–H groups in total. The summed E-state index contributed by atoms with van der Waals surface area (Å²) in [5.74, 6) is -1.35. The molecule has 19 heavy (non-hydrogen) atoms. The number of ether oxygens (including phenoxy) is 1. The van der Waals surface area contributed by atoms with Crippen molar-refractivity contribution in [2.75, 3.05) is 6.61 Å². The van der Waals surface area contributed by atoms with Crippen LogP contribution in [0.2, 0.25) is 0 Å². The Balaban J connectivity index is 2.08. The molecule has 5 heteroatoms. The van der Waals surface area contributed by atoms with Crippen molar-refractivity contribution in [1.29, 1.82) is 0 Å². The number of pyridine rings is 1. The van der Waals surface area contributed by atoms with Gasteiger partial charge in [0.2, 0.25) is 0 Å². The minimum atomic E-state index is -1.00. The zero-order chi connectivity index (χ0) is 13.7. The summed E-state index contributed by atoms with van der Waals surface area (Å²) in [5, 5.41) is 18.5. The Hall–Kier alpha value is -2.56. The number of phenolic OH excluding ortho intramolecular Hbond substituents is 1. The van der Waals surface area contributed by atoms with Gasteiger partial charge in [-0.25, -0.2) is 0 Å². The van der Waals surface area contributed by atoms with Gasteiger partial charge in [0, 0.05) is 12.3 Å². The summed E-state index contributed by atoms with van der Waals surface area (Å²) < 4.78 is 5.38. The molecular weight excluding hydrogens is 246 g/mol. The van der Waals surface area contributed by atoms with Crippen LogP contribution in [0.3, 0.4) is 0 Å². The monoisotopic (exact) mass is 259 g/mol. The summed E-state index contributed by atoms with van der Waals surface area (Å²) in [6.45, 7) is -0.0458. The van der Waals surface area contributed by atoms with E-state index in [1.54, 1.807) is 36.5 Å². The van der Waals surface area contributed by atoms with Crippen molar-refractivity contribution in [3.8, 4) is 11.5 Å². The van der Waals surface area contributed by atoms with Crippen LogP contribution in [0.5, 0.6) is 11.5 Å². The number of carbonyl (C=O) groups is 1. The first kappa shape index (κ1) is 12.9. The summed E-state index contributed by atoms with van der Waals surface area (Å²) >= 11 is 0. The van der Waals surface area contributed by atoms with Crippen LogP contribution in [0, 0.1) is 0 Å². The van der Waals surface area contributed by atoms with Gasteiger partial charge < -0.3 is 14.9 Å². The molecule has 98 valence electrons. The quantitative estimate of drug-likeness (QED) is 0.858. The normalized spacial score (nSPS) is 11.8. The Labute approximate surface area is 110 Å². The van der Waals surface area contributed by atoms with Crippen molar-refractivity contribution in [3.63, 3.8) is 0 Å². The van der Waals surface area contributed by atoms with E-state index >= 15 is 0 Å². The molecule has 0 saturated carbocycles. The van der Waals surface area contributed by atoms with Gasteiger partial charge in [0.05, 0.1) is 5.69 Å². The lowest BCUT2D eigenvalue weighted by Gasteiger charge is -2.13. The molecule has 0 aliphatic heterocycles. The Bertz CT molecular complexity index is 556. The van der Waals surface area contributed by atoms with Crippen LogP contribution in [0.25, 0.3) is 0 Å². The minimum Gasteiger partial charge on any atom is -0.508 e. The maximum Gasteiger partial charge on any atom is 0.316 e. The van der Waals surface area contributed by atoms with E-state index in [0.717, 1.165) is 0 Å². The Morgan fingerprint density at radius 2 is 2.11 bits per heavy atom. The number of benzene rings is 1. The van der Waals surface area contributed by atoms with E-state index in [-0.39, 0.29) is 12.4 Å². The second-order valence-electron chi connectivity index (χ2n) is 3.95. The summed E-state index contributed by atoms with van der Waals surface area (Å²) in [5.41, 5.74) is 0.440.